The van der Waals surface area contributed by atoms with Crippen LogP contribution in [0.25, 0.3) is 0 Å². The summed E-state index contributed by atoms with van der Waals surface area (Å²) in [5.74, 6) is 0. The maximum atomic E-state index is 9.42. The quantitative estimate of drug-likeness (QED) is 0.762. The van der Waals surface area contributed by atoms with E-state index in [1.807, 2.05) is 25.9 Å². The molecule has 80 valence electrons. The molecule has 0 bridgehead atoms. The lowest BCUT2D eigenvalue weighted by Crippen LogP contribution is -2.21. The second kappa shape index (κ2) is 4.72. The Balaban J connectivity index is 2.77. The van der Waals surface area contributed by atoms with Crippen LogP contribution in [0.5, 0.6) is 0 Å². The van der Waals surface area contributed by atoms with Crippen LogP contribution in [0.2, 0.25) is 0 Å². The monoisotopic (exact) mass is 215 g/mol. The van der Waals surface area contributed by atoms with E-state index >= 15 is 0 Å². The minimum Gasteiger partial charge on any atom is -0.391 e. The summed E-state index contributed by atoms with van der Waals surface area (Å²) in [5, 5.41) is 10.4. The van der Waals surface area contributed by atoms with E-state index in [1.165, 1.54) is 0 Å². The molecule has 4 nitrogen and oxygen atoms in total. The third kappa shape index (κ3) is 2.67. The molecular weight excluding hydrogens is 198 g/mol. The van der Waals surface area contributed by atoms with Crippen LogP contribution in [0, 0.1) is 6.92 Å². The number of rotatable bonds is 4. The normalized spacial score (nSPS) is 12.9. The molecule has 5 heteroatoms. The largest absolute Gasteiger partial charge is 0.391 e. The van der Waals surface area contributed by atoms with Gasteiger partial charge in [-0.3, -0.25) is 0 Å². The van der Waals surface area contributed by atoms with Gasteiger partial charge in [-0.2, -0.15) is 0 Å². The predicted molar refractivity (Wildman–Crippen MR) is 59.9 cm³/mol. The lowest BCUT2D eigenvalue weighted by atomic mass is 10.2. The molecule has 0 radical (unpaired) electrons. The zero-order chi connectivity index (χ0) is 10.7. The molecule has 1 rings (SSSR count). The Morgan fingerprint density at radius 2 is 2.21 bits per heavy atom. The van der Waals surface area contributed by atoms with Crippen molar-refractivity contribution in [2.45, 2.75) is 19.4 Å². The molecule has 0 saturated carbocycles. The topological polar surface area (TPSA) is 62.4 Å². The first-order valence-electron chi connectivity index (χ1n) is 4.56. The number of nitrogens with zero attached hydrogens (tertiary/aromatic N) is 2. The highest BCUT2D eigenvalue weighted by molar-refractivity contribution is 7.15. The first-order valence-corrected chi connectivity index (χ1v) is 5.38. The van der Waals surface area contributed by atoms with Crippen molar-refractivity contribution in [1.29, 1.82) is 0 Å². The molecule has 1 aromatic rings. The smallest absolute Gasteiger partial charge is 0.185 e. The second-order valence-corrected chi connectivity index (χ2v) is 4.56. The van der Waals surface area contributed by atoms with Gasteiger partial charge in [0.1, 0.15) is 0 Å². The standard InChI is InChI=1S/C9H17N3OS/c1-6-8(4-7(13)5-10)14-9(11-6)12(2)3/h7,13H,4-5,10H2,1-3H3. The first kappa shape index (κ1) is 11.4. The van der Waals surface area contributed by atoms with E-state index in [2.05, 4.69) is 4.98 Å². The van der Waals surface area contributed by atoms with Crippen LogP contribution in [0.4, 0.5) is 5.13 Å². The number of hydrogen-bond donors (Lipinski definition) is 2. The summed E-state index contributed by atoms with van der Waals surface area (Å²) >= 11 is 1.61. The van der Waals surface area contributed by atoms with Crippen LogP contribution in [0.1, 0.15) is 10.6 Å². The van der Waals surface area contributed by atoms with Crippen LogP contribution in [-0.4, -0.2) is 36.8 Å². The maximum absolute atomic E-state index is 9.42. The highest BCUT2D eigenvalue weighted by Crippen LogP contribution is 2.25. The molecule has 0 aromatic carbocycles. The van der Waals surface area contributed by atoms with Crippen LogP contribution in [0.3, 0.4) is 0 Å². The van der Waals surface area contributed by atoms with E-state index in [0.717, 1.165) is 15.7 Å². The Labute approximate surface area is 88.4 Å². The molecule has 3 N–H and O–H groups in total. The fourth-order valence-corrected chi connectivity index (χ4v) is 2.15. The van der Waals surface area contributed by atoms with Crippen LogP contribution in [0.15, 0.2) is 0 Å². The lowest BCUT2D eigenvalue weighted by molar-refractivity contribution is 0.184. The van der Waals surface area contributed by atoms with Gasteiger partial charge in [-0.25, -0.2) is 4.98 Å². The summed E-state index contributed by atoms with van der Waals surface area (Å²) < 4.78 is 0. The van der Waals surface area contributed by atoms with Crippen molar-refractivity contribution in [2.75, 3.05) is 25.5 Å². The molecule has 1 atom stereocenters. The van der Waals surface area contributed by atoms with Crippen molar-refractivity contribution >= 4 is 16.5 Å². The van der Waals surface area contributed by atoms with Gasteiger partial charge in [-0.05, 0) is 6.92 Å². The Morgan fingerprint density at radius 1 is 1.57 bits per heavy atom. The van der Waals surface area contributed by atoms with Crippen LogP contribution >= 0.6 is 11.3 Å². The fourth-order valence-electron chi connectivity index (χ4n) is 1.09. The molecular formula is C9H17N3OS. The number of anilines is 1. The molecule has 0 saturated heterocycles. The molecule has 0 aliphatic carbocycles. The average molecular weight is 215 g/mol. The van der Waals surface area contributed by atoms with Crippen LogP contribution in [-0.2, 0) is 6.42 Å². The maximum Gasteiger partial charge on any atom is 0.185 e. The lowest BCUT2D eigenvalue weighted by Gasteiger charge is -2.06. The second-order valence-electron chi connectivity index (χ2n) is 3.49. The summed E-state index contributed by atoms with van der Waals surface area (Å²) in [6, 6.07) is 0. The van der Waals surface area contributed by atoms with Gasteiger partial charge in [0, 0.05) is 31.9 Å². The number of aliphatic hydroxyl groups is 1. The van der Waals surface area contributed by atoms with Gasteiger partial charge in [-0.1, -0.05) is 0 Å². The minimum atomic E-state index is -0.454. The molecule has 1 unspecified atom stereocenters. The molecule has 0 amide bonds. The fraction of sp³-hybridized carbons (Fsp3) is 0.667. The summed E-state index contributed by atoms with van der Waals surface area (Å²) in [4.78, 5) is 7.48. The van der Waals surface area contributed by atoms with Crippen molar-refractivity contribution in [3.63, 3.8) is 0 Å². The zero-order valence-electron chi connectivity index (χ0n) is 8.82. The number of thiazole rings is 1. The molecule has 0 aliphatic rings. The van der Waals surface area contributed by atoms with Gasteiger partial charge in [0.25, 0.3) is 0 Å². The Morgan fingerprint density at radius 3 is 2.64 bits per heavy atom. The van der Waals surface area contributed by atoms with Crippen molar-refractivity contribution in [1.82, 2.24) is 4.98 Å². The van der Waals surface area contributed by atoms with Gasteiger partial charge in [-0.15, -0.1) is 11.3 Å². The third-order valence-corrected chi connectivity index (χ3v) is 3.30. The van der Waals surface area contributed by atoms with E-state index in [-0.39, 0.29) is 0 Å². The van der Waals surface area contributed by atoms with E-state index in [4.69, 9.17) is 5.73 Å². The number of nitrogens with two attached hydrogens (primary N) is 1. The molecule has 0 spiro atoms. The van der Waals surface area contributed by atoms with Crippen molar-refractivity contribution < 1.29 is 5.11 Å². The summed E-state index contributed by atoms with van der Waals surface area (Å²) in [6.45, 7) is 2.26. The minimum absolute atomic E-state index is 0.300. The van der Waals surface area contributed by atoms with E-state index in [1.54, 1.807) is 11.3 Å². The Bertz CT molecular complexity index is 298. The van der Waals surface area contributed by atoms with Crippen molar-refractivity contribution in [3.05, 3.63) is 10.6 Å². The summed E-state index contributed by atoms with van der Waals surface area (Å²) in [5.41, 5.74) is 6.35. The zero-order valence-corrected chi connectivity index (χ0v) is 9.64. The van der Waals surface area contributed by atoms with E-state index in [9.17, 15) is 5.11 Å². The van der Waals surface area contributed by atoms with Gasteiger partial charge in [0.15, 0.2) is 5.13 Å². The van der Waals surface area contributed by atoms with E-state index in [0.29, 0.717) is 13.0 Å². The van der Waals surface area contributed by atoms with Gasteiger partial charge in [0.2, 0.25) is 0 Å². The molecule has 0 aliphatic heterocycles. The Hall–Kier alpha value is -0.650. The molecule has 1 aromatic heterocycles. The molecule has 14 heavy (non-hydrogen) atoms. The summed E-state index contributed by atoms with van der Waals surface area (Å²) in [7, 11) is 3.92. The molecule has 1 heterocycles. The molecule has 0 fully saturated rings. The third-order valence-electron chi connectivity index (χ3n) is 1.96. The number of aliphatic hydroxyl groups excluding tert-OH is 1. The number of hydrogen-bond acceptors (Lipinski definition) is 5. The Kier molecular flexibility index (Phi) is 3.86. The predicted octanol–water partition coefficient (Wildman–Crippen LogP) is 0.380. The van der Waals surface area contributed by atoms with Gasteiger partial charge in [0.05, 0.1) is 11.8 Å². The van der Waals surface area contributed by atoms with Crippen molar-refractivity contribution in [2.24, 2.45) is 5.73 Å². The number of aryl methyl sites for hydroxylation is 1. The van der Waals surface area contributed by atoms with E-state index < -0.39 is 6.10 Å². The average Bonchev–Trinajstić information content (AvgIpc) is 2.48. The SMILES string of the molecule is Cc1nc(N(C)C)sc1CC(O)CN. The number of aromatic nitrogens is 1. The van der Waals surface area contributed by atoms with Gasteiger partial charge >= 0.3 is 0 Å². The highest BCUT2D eigenvalue weighted by atomic mass is 32.1. The summed E-state index contributed by atoms with van der Waals surface area (Å²) in [6.07, 6.45) is 0.151. The first-order chi connectivity index (χ1) is 6.54. The van der Waals surface area contributed by atoms with Crippen LogP contribution < -0.4 is 10.6 Å². The highest BCUT2D eigenvalue weighted by Gasteiger charge is 2.12. The van der Waals surface area contributed by atoms with Gasteiger partial charge < -0.3 is 15.7 Å². The van der Waals surface area contributed by atoms with Crippen molar-refractivity contribution in [3.8, 4) is 0 Å².